The van der Waals surface area contributed by atoms with Gasteiger partial charge in [0.1, 0.15) is 12.4 Å². The lowest BCUT2D eigenvalue weighted by Crippen LogP contribution is -2.47. The number of nitrogens with zero attached hydrogens (tertiary/aromatic N) is 3. The average Bonchev–Trinajstić information content (AvgIpc) is 2.87. The SMILES string of the molecule is C[C@H]1CCCC[C@@H]1N1C(=O)C(=O)N(CN(C)CCOc2ccc(Cl)cc2)C1=O. The van der Waals surface area contributed by atoms with Crippen LogP contribution in [-0.4, -0.2) is 65.5 Å². The van der Waals surface area contributed by atoms with Gasteiger partial charge in [-0.2, -0.15) is 0 Å². The van der Waals surface area contributed by atoms with E-state index < -0.39 is 17.8 Å². The first-order valence-corrected chi connectivity index (χ1v) is 10.0. The molecule has 1 aromatic rings. The first-order chi connectivity index (χ1) is 13.4. The molecule has 1 aliphatic heterocycles. The fourth-order valence-corrected chi connectivity index (χ4v) is 3.91. The minimum Gasteiger partial charge on any atom is -0.492 e. The van der Waals surface area contributed by atoms with Crippen LogP contribution in [0.4, 0.5) is 4.79 Å². The highest BCUT2D eigenvalue weighted by atomic mass is 35.5. The summed E-state index contributed by atoms with van der Waals surface area (Å²) in [5.74, 6) is -0.526. The van der Waals surface area contributed by atoms with E-state index >= 15 is 0 Å². The number of rotatable bonds is 7. The molecule has 1 aliphatic carbocycles. The van der Waals surface area contributed by atoms with Crippen LogP contribution < -0.4 is 4.74 Å². The molecule has 0 aromatic heterocycles. The lowest BCUT2D eigenvalue weighted by Gasteiger charge is -2.34. The van der Waals surface area contributed by atoms with Gasteiger partial charge in [-0.05, 0) is 50.1 Å². The molecule has 3 rings (SSSR count). The Balaban J connectivity index is 1.54. The predicted octanol–water partition coefficient (Wildman–Crippen LogP) is 2.98. The second-order valence-electron chi connectivity index (χ2n) is 7.54. The smallest absolute Gasteiger partial charge is 0.335 e. The average molecular weight is 408 g/mol. The maximum atomic E-state index is 12.8. The summed E-state index contributed by atoms with van der Waals surface area (Å²) in [6, 6.07) is 6.36. The van der Waals surface area contributed by atoms with E-state index in [4.69, 9.17) is 16.3 Å². The van der Waals surface area contributed by atoms with Gasteiger partial charge in [0, 0.05) is 17.6 Å². The molecular weight excluding hydrogens is 382 g/mol. The number of amides is 4. The van der Waals surface area contributed by atoms with E-state index in [0.29, 0.717) is 23.9 Å². The van der Waals surface area contributed by atoms with Crippen LogP contribution in [0, 0.1) is 5.92 Å². The fourth-order valence-electron chi connectivity index (χ4n) is 3.78. The third-order valence-electron chi connectivity index (χ3n) is 5.42. The number of likely N-dealkylation sites (N-methyl/N-ethyl adjacent to an activating group) is 1. The van der Waals surface area contributed by atoms with Gasteiger partial charge in [0.25, 0.3) is 0 Å². The van der Waals surface area contributed by atoms with Crippen LogP contribution in [0.2, 0.25) is 5.02 Å². The maximum absolute atomic E-state index is 12.8. The van der Waals surface area contributed by atoms with Crippen molar-refractivity contribution in [3.8, 4) is 5.75 Å². The number of urea groups is 1. The van der Waals surface area contributed by atoms with E-state index in [1.54, 1.807) is 36.2 Å². The highest BCUT2D eigenvalue weighted by Gasteiger charge is 2.49. The molecule has 152 valence electrons. The summed E-state index contributed by atoms with van der Waals surface area (Å²) in [5.41, 5.74) is 0. The summed E-state index contributed by atoms with van der Waals surface area (Å²) in [4.78, 5) is 41.6. The molecule has 1 saturated heterocycles. The van der Waals surface area contributed by atoms with Gasteiger partial charge in [-0.25, -0.2) is 9.69 Å². The van der Waals surface area contributed by atoms with E-state index in [1.165, 1.54) is 4.90 Å². The Morgan fingerprint density at radius 2 is 1.79 bits per heavy atom. The maximum Gasteiger partial charge on any atom is 0.335 e. The summed E-state index contributed by atoms with van der Waals surface area (Å²) in [6.45, 7) is 2.97. The van der Waals surface area contributed by atoms with E-state index in [0.717, 1.165) is 30.6 Å². The van der Waals surface area contributed by atoms with E-state index in [1.807, 2.05) is 6.92 Å². The molecule has 1 saturated carbocycles. The van der Waals surface area contributed by atoms with Crippen molar-refractivity contribution in [2.45, 2.75) is 38.6 Å². The molecule has 0 radical (unpaired) electrons. The number of carbonyl (C=O) groups excluding carboxylic acids is 3. The number of halogens is 1. The normalized spacial score (nSPS) is 23.1. The Bertz CT molecular complexity index is 739. The lowest BCUT2D eigenvalue weighted by atomic mass is 9.85. The number of benzene rings is 1. The van der Waals surface area contributed by atoms with Crippen LogP contribution >= 0.6 is 11.6 Å². The van der Waals surface area contributed by atoms with Crippen LogP contribution in [0.15, 0.2) is 24.3 Å². The van der Waals surface area contributed by atoms with Crippen molar-refractivity contribution in [2.75, 3.05) is 26.9 Å². The molecule has 1 aromatic carbocycles. The summed E-state index contributed by atoms with van der Waals surface area (Å²) < 4.78 is 5.64. The predicted molar refractivity (Wildman–Crippen MR) is 105 cm³/mol. The molecule has 0 N–H and O–H groups in total. The molecule has 28 heavy (non-hydrogen) atoms. The molecule has 0 unspecified atom stereocenters. The topological polar surface area (TPSA) is 70.2 Å². The van der Waals surface area contributed by atoms with Crippen LogP contribution in [0.25, 0.3) is 0 Å². The zero-order valence-corrected chi connectivity index (χ0v) is 17.0. The van der Waals surface area contributed by atoms with Crippen LogP contribution in [0.5, 0.6) is 5.75 Å². The largest absolute Gasteiger partial charge is 0.492 e. The molecule has 2 fully saturated rings. The van der Waals surface area contributed by atoms with Crippen molar-refractivity contribution in [3.63, 3.8) is 0 Å². The van der Waals surface area contributed by atoms with Crippen LogP contribution in [0.1, 0.15) is 32.6 Å². The molecule has 4 amide bonds. The van der Waals surface area contributed by atoms with Crippen molar-refractivity contribution in [1.82, 2.24) is 14.7 Å². The first-order valence-electron chi connectivity index (χ1n) is 9.64. The number of ether oxygens (including phenoxy) is 1. The van der Waals surface area contributed by atoms with Crippen LogP contribution in [0.3, 0.4) is 0 Å². The summed E-state index contributed by atoms with van der Waals surface area (Å²) in [7, 11) is 1.78. The lowest BCUT2D eigenvalue weighted by molar-refractivity contribution is -0.145. The Kier molecular flexibility index (Phi) is 6.57. The fraction of sp³-hybridized carbons (Fsp3) is 0.550. The summed E-state index contributed by atoms with van der Waals surface area (Å²) in [6.07, 6.45) is 3.81. The Morgan fingerprint density at radius 1 is 1.11 bits per heavy atom. The van der Waals surface area contributed by atoms with E-state index in [2.05, 4.69) is 0 Å². The monoisotopic (exact) mass is 407 g/mol. The standard InChI is InChI=1S/C20H26ClN3O4/c1-14-5-3-4-6-17(14)24-19(26)18(25)23(20(24)27)13-22(2)11-12-28-16-9-7-15(21)8-10-16/h7-10,14,17H,3-6,11-13H2,1-2H3/t14-,17-/m0/s1. The molecule has 2 aliphatic rings. The molecule has 8 heteroatoms. The second-order valence-corrected chi connectivity index (χ2v) is 7.98. The van der Waals surface area contributed by atoms with Crippen molar-refractivity contribution in [2.24, 2.45) is 5.92 Å². The quantitative estimate of drug-likeness (QED) is 0.513. The number of hydrogen-bond donors (Lipinski definition) is 0. The molecule has 2 atom stereocenters. The van der Waals surface area contributed by atoms with E-state index in [-0.39, 0.29) is 18.6 Å². The van der Waals surface area contributed by atoms with Crippen molar-refractivity contribution >= 4 is 29.4 Å². The third-order valence-corrected chi connectivity index (χ3v) is 5.67. The van der Waals surface area contributed by atoms with Gasteiger partial charge in [0.2, 0.25) is 0 Å². The molecule has 0 spiro atoms. The Morgan fingerprint density at radius 3 is 2.46 bits per heavy atom. The van der Waals surface area contributed by atoms with Crippen molar-refractivity contribution < 1.29 is 19.1 Å². The zero-order chi connectivity index (χ0) is 20.3. The van der Waals surface area contributed by atoms with Crippen molar-refractivity contribution in [1.29, 1.82) is 0 Å². The van der Waals surface area contributed by atoms with Gasteiger partial charge in [-0.15, -0.1) is 0 Å². The summed E-state index contributed by atoms with van der Waals surface area (Å²) in [5, 5.41) is 0.636. The van der Waals surface area contributed by atoms with Gasteiger partial charge < -0.3 is 4.74 Å². The van der Waals surface area contributed by atoms with Crippen molar-refractivity contribution in [3.05, 3.63) is 29.3 Å². The molecular formula is C20H26ClN3O4. The molecule has 0 bridgehead atoms. The van der Waals surface area contributed by atoms with Gasteiger partial charge in [0.15, 0.2) is 0 Å². The van der Waals surface area contributed by atoms with E-state index in [9.17, 15) is 14.4 Å². The highest BCUT2D eigenvalue weighted by molar-refractivity contribution is 6.44. The van der Waals surface area contributed by atoms with Gasteiger partial charge >= 0.3 is 17.8 Å². The minimum absolute atomic E-state index is 0.0605. The highest BCUT2D eigenvalue weighted by Crippen LogP contribution is 2.31. The number of hydrogen-bond acceptors (Lipinski definition) is 5. The number of imide groups is 2. The second kappa shape index (κ2) is 8.92. The number of carbonyl (C=O) groups is 3. The Hall–Kier alpha value is -2.12. The minimum atomic E-state index is -0.742. The first kappa shape index (κ1) is 20.6. The van der Waals surface area contributed by atoms with Gasteiger partial charge in [-0.1, -0.05) is 31.4 Å². The van der Waals surface area contributed by atoms with Gasteiger partial charge in [-0.3, -0.25) is 19.4 Å². The third kappa shape index (κ3) is 4.47. The Labute approximate surface area is 170 Å². The van der Waals surface area contributed by atoms with Crippen LogP contribution in [-0.2, 0) is 9.59 Å². The summed E-state index contributed by atoms with van der Waals surface area (Å²) >= 11 is 5.84. The molecule has 7 nitrogen and oxygen atoms in total. The van der Waals surface area contributed by atoms with Gasteiger partial charge in [0.05, 0.1) is 6.67 Å². The molecule has 1 heterocycles. The zero-order valence-electron chi connectivity index (χ0n) is 16.3.